The minimum atomic E-state index is -1.12. The number of carbonyl (C=O) groups excluding carboxylic acids is 3. The van der Waals surface area contributed by atoms with E-state index < -0.39 is 64.7 Å². The number of hydrogen-bond donors (Lipinski definition) is 0. The molecule has 0 bridgehead atoms. The van der Waals surface area contributed by atoms with E-state index in [1.807, 2.05) is 62.4 Å². The summed E-state index contributed by atoms with van der Waals surface area (Å²) in [5, 5.41) is 0. The molecule has 2 unspecified atom stereocenters. The number of ether oxygens (including phenoxy) is 5. The van der Waals surface area contributed by atoms with Crippen LogP contribution >= 0.6 is 0 Å². The van der Waals surface area contributed by atoms with Crippen LogP contribution in [0.3, 0.4) is 0 Å². The van der Waals surface area contributed by atoms with Gasteiger partial charge in [-0.2, -0.15) is 0 Å². The zero-order valence-corrected chi connectivity index (χ0v) is 28.2. The molecular weight excluding hydrogens is 560 g/mol. The Morgan fingerprint density at radius 3 is 1.66 bits per heavy atom. The van der Waals surface area contributed by atoms with E-state index in [1.165, 1.54) is 0 Å². The summed E-state index contributed by atoms with van der Waals surface area (Å²) in [6, 6.07) is 15.6. The molecule has 1 fully saturated rings. The molecule has 44 heavy (non-hydrogen) atoms. The number of rotatable bonds is 8. The second kappa shape index (κ2) is 13.8. The lowest BCUT2D eigenvalue weighted by Crippen LogP contribution is -2.60. The fraction of sp³-hybridized carbons (Fsp3) is 0.583. The number of esters is 3. The molecule has 8 nitrogen and oxygen atoms in total. The minimum Gasteiger partial charge on any atom is -0.462 e. The summed E-state index contributed by atoms with van der Waals surface area (Å²) in [6.45, 7) is 19.7. The van der Waals surface area contributed by atoms with Gasteiger partial charge in [0, 0.05) is 0 Å². The zero-order chi connectivity index (χ0) is 33.0. The third-order valence-electron chi connectivity index (χ3n) is 7.45. The second-order valence-electron chi connectivity index (χ2n) is 14.8. The van der Waals surface area contributed by atoms with Crippen molar-refractivity contribution in [2.45, 2.75) is 113 Å². The minimum absolute atomic E-state index is 0.198. The van der Waals surface area contributed by atoms with Crippen LogP contribution in [0.25, 0.3) is 0 Å². The Bertz CT molecular complexity index is 1280. The first kappa shape index (κ1) is 35.3. The van der Waals surface area contributed by atoms with Crippen LogP contribution in [-0.2, 0) is 44.7 Å². The Morgan fingerprint density at radius 1 is 0.659 bits per heavy atom. The Labute approximate surface area is 262 Å². The first-order valence-corrected chi connectivity index (χ1v) is 15.3. The largest absolute Gasteiger partial charge is 0.462 e. The van der Waals surface area contributed by atoms with Crippen LogP contribution in [0.4, 0.5) is 0 Å². The first-order valence-electron chi connectivity index (χ1n) is 15.3. The maximum Gasteiger partial charge on any atom is 0.311 e. The third-order valence-corrected chi connectivity index (χ3v) is 7.45. The van der Waals surface area contributed by atoms with Crippen molar-refractivity contribution in [1.82, 2.24) is 0 Å². The highest BCUT2D eigenvalue weighted by molar-refractivity contribution is 5.77. The van der Waals surface area contributed by atoms with Crippen molar-refractivity contribution >= 4 is 17.9 Å². The van der Waals surface area contributed by atoms with E-state index in [-0.39, 0.29) is 13.2 Å². The molecule has 8 heteroatoms. The maximum absolute atomic E-state index is 13.5. The van der Waals surface area contributed by atoms with E-state index >= 15 is 0 Å². The van der Waals surface area contributed by atoms with Gasteiger partial charge in [-0.15, -0.1) is 0 Å². The van der Waals surface area contributed by atoms with Crippen molar-refractivity contribution in [1.29, 1.82) is 0 Å². The summed E-state index contributed by atoms with van der Waals surface area (Å²) in [7, 11) is 0. The molecular formula is C36H50O8. The molecule has 0 saturated carbocycles. The molecule has 3 rings (SSSR count). The molecule has 0 N–H and O–H groups in total. The Morgan fingerprint density at radius 2 is 1.16 bits per heavy atom. The normalized spacial score (nSPS) is 22.7. The van der Waals surface area contributed by atoms with Crippen molar-refractivity contribution in [2.75, 3.05) is 6.61 Å². The molecule has 1 aliphatic rings. The van der Waals surface area contributed by atoms with Gasteiger partial charge in [0.15, 0.2) is 12.2 Å². The summed E-state index contributed by atoms with van der Waals surface area (Å²) in [6.07, 6.45) is -4.75. The quantitative estimate of drug-likeness (QED) is 0.237. The zero-order valence-electron chi connectivity index (χ0n) is 28.2. The molecule has 2 aromatic rings. The van der Waals surface area contributed by atoms with Gasteiger partial charge in [-0.25, -0.2) is 0 Å². The lowest BCUT2D eigenvalue weighted by Gasteiger charge is -2.47. The van der Waals surface area contributed by atoms with Crippen molar-refractivity contribution in [3.8, 4) is 0 Å². The number of benzene rings is 2. The summed E-state index contributed by atoms with van der Waals surface area (Å²) in [5.74, 6) is -1.43. The topological polar surface area (TPSA) is 97.4 Å². The van der Waals surface area contributed by atoms with Crippen molar-refractivity contribution in [2.24, 2.45) is 16.2 Å². The molecule has 1 heterocycles. The van der Waals surface area contributed by atoms with Gasteiger partial charge in [0.05, 0.1) is 22.9 Å². The van der Waals surface area contributed by atoms with Gasteiger partial charge < -0.3 is 23.7 Å². The van der Waals surface area contributed by atoms with Crippen LogP contribution in [0.15, 0.2) is 48.5 Å². The molecule has 1 saturated heterocycles. The number of carbonyl (C=O) groups is 3. The Balaban J connectivity index is 2.19. The molecule has 1 aliphatic heterocycles. The predicted octanol–water partition coefficient (Wildman–Crippen LogP) is 6.83. The van der Waals surface area contributed by atoms with Crippen molar-refractivity contribution < 1.29 is 38.1 Å². The van der Waals surface area contributed by atoms with Gasteiger partial charge in [0.2, 0.25) is 0 Å². The van der Waals surface area contributed by atoms with Gasteiger partial charge in [-0.1, -0.05) is 48.5 Å². The lowest BCUT2D eigenvalue weighted by molar-refractivity contribution is -0.265. The maximum atomic E-state index is 13.5. The molecule has 0 spiro atoms. The Hall–Kier alpha value is -3.23. The van der Waals surface area contributed by atoms with E-state index in [1.54, 1.807) is 62.3 Å². The van der Waals surface area contributed by atoms with Crippen LogP contribution in [0, 0.1) is 30.1 Å². The fourth-order valence-electron chi connectivity index (χ4n) is 4.76. The average Bonchev–Trinajstić information content (AvgIpc) is 2.91. The summed E-state index contributed by atoms with van der Waals surface area (Å²) < 4.78 is 31.5. The van der Waals surface area contributed by atoms with Crippen LogP contribution in [0.2, 0.25) is 0 Å². The molecule has 0 amide bonds. The van der Waals surface area contributed by atoms with E-state index in [2.05, 4.69) is 0 Å². The smallest absolute Gasteiger partial charge is 0.311 e. The fourth-order valence-corrected chi connectivity index (χ4v) is 4.76. The molecule has 2 aromatic carbocycles. The van der Waals surface area contributed by atoms with Crippen molar-refractivity contribution in [3.63, 3.8) is 0 Å². The van der Waals surface area contributed by atoms with Gasteiger partial charge >= 0.3 is 17.9 Å². The molecule has 5 atom stereocenters. The summed E-state index contributed by atoms with van der Waals surface area (Å²) in [5.41, 5.74) is 1.21. The SMILES string of the molecule is Cc1cccc(C)c1[C@@H]1OC(COC(=O)C(C)(C)C)[C@@H](OC(=O)C(C)(C)C)[C@H](OC(=O)C(C)(C)C)C1OCc1ccccc1. The van der Waals surface area contributed by atoms with E-state index in [4.69, 9.17) is 23.7 Å². The number of aryl methyl sites for hydroxylation is 2. The molecule has 0 radical (unpaired) electrons. The third kappa shape index (κ3) is 8.91. The van der Waals surface area contributed by atoms with Gasteiger partial charge in [0.25, 0.3) is 0 Å². The van der Waals surface area contributed by atoms with E-state index in [0.717, 1.165) is 22.3 Å². The molecule has 0 aromatic heterocycles. The monoisotopic (exact) mass is 610 g/mol. The first-order chi connectivity index (χ1) is 20.3. The highest BCUT2D eigenvalue weighted by Gasteiger charge is 2.53. The van der Waals surface area contributed by atoms with Gasteiger partial charge in [-0.05, 0) is 98.4 Å². The summed E-state index contributed by atoms with van der Waals surface area (Å²) in [4.78, 5) is 39.8. The van der Waals surface area contributed by atoms with Gasteiger partial charge in [0.1, 0.15) is 24.9 Å². The van der Waals surface area contributed by atoms with E-state index in [0.29, 0.717) is 0 Å². The lowest BCUT2D eigenvalue weighted by atomic mass is 9.86. The highest BCUT2D eigenvalue weighted by atomic mass is 16.6. The van der Waals surface area contributed by atoms with Crippen LogP contribution < -0.4 is 0 Å². The second-order valence-corrected chi connectivity index (χ2v) is 14.8. The predicted molar refractivity (Wildman–Crippen MR) is 168 cm³/mol. The Kier molecular flexibility index (Phi) is 11.1. The van der Waals surface area contributed by atoms with Crippen molar-refractivity contribution in [3.05, 3.63) is 70.8 Å². The van der Waals surface area contributed by atoms with E-state index in [9.17, 15) is 14.4 Å². The van der Waals surface area contributed by atoms with Crippen LogP contribution in [0.1, 0.15) is 90.7 Å². The standard InChI is InChI=1S/C36H50O8/c1-22-16-15-17-23(2)26(22)28-29(40-20-24-18-13-12-14-19-24)30(44-33(39)36(9,10)11)27(43-32(38)35(6,7)8)25(42-28)21-41-31(37)34(3,4)5/h12-19,25,27-30H,20-21H2,1-11H3/t25?,27-,28+,29?,30+/m1/s1. The van der Waals surface area contributed by atoms with Gasteiger partial charge in [-0.3, -0.25) is 14.4 Å². The number of hydrogen-bond acceptors (Lipinski definition) is 8. The van der Waals surface area contributed by atoms with Crippen LogP contribution in [0.5, 0.6) is 0 Å². The highest BCUT2D eigenvalue weighted by Crippen LogP contribution is 2.41. The average molecular weight is 611 g/mol. The molecule has 0 aliphatic carbocycles. The molecule has 242 valence electrons. The summed E-state index contributed by atoms with van der Waals surface area (Å²) >= 11 is 0. The van der Waals surface area contributed by atoms with Crippen LogP contribution in [-0.4, -0.2) is 48.9 Å².